The Hall–Kier alpha value is -2.32. The standard InChI is InChI=1S/C24H31ClN4O3S/c1-4-11-28(3)21-14-20(25)26-24(27-21)33-16-17-8-6-9-18(13-17)22(30)29-12-7-10-19(15-29)23(31)32-5-2/h6,8-9,13-14,19H,4-5,7,10-12,15-16H2,1-3H3. The number of ether oxygens (including phenoxy) is 1. The number of likely N-dealkylation sites (tertiary alicyclic amines) is 1. The van der Waals surface area contributed by atoms with Crippen LogP contribution in [0.25, 0.3) is 0 Å². The maximum absolute atomic E-state index is 13.1. The molecule has 1 saturated heterocycles. The van der Waals surface area contributed by atoms with E-state index in [0.717, 1.165) is 37.2 Å². The molecule has 0 aliphatic carbocycles. The van der Waals surface area contributed by atoms with Crippen LogP contribution in [0.4, 0.5) is 5.82 Å². The molecule has 2 aromatic rings. The number of halogens is 1. The molecular formula is C24H31ClN4O3S. The Kier molecular flexibility index (Phi) is 9.38. The Morgan fingerprint density at radius 2 is 2.09 bits per heavy atom. The highest BCUT2D eigenvalue weighted by molar-refractivity contribution is 7.98. The fourth-order valence-electron chi connectivity index (χ4n) is 3.83. The molecule has 7 nitrogen and oxygen atoms in total. The maximum Gasteiger partial charge on any atom is 0.310 e. The van der Waals surface area contributed by atoms with Crippen molar-refractivity contribution in [2.75, 3.05) is 38.2 Å². The molecule has 1 aromatic carbocycles. The molecule has 178 valence electrons. The summed E-state index contributed by atoms with van der Waals surface area (Å²) in [4.78, 5) is 38.0. The smallest absolute Gasteiger partial charge is 0.310 e. The topological polar surface area (TPSA) is 75.6 Å². The van der Waals surface area contributed by atoms with Gasteiger partial charge in [-0.25, -0.2) is 9.97 Å². The van der Waals surface area contributed by atoms with Crippen molar-refractivity contribution in [2.24, 2.45) is 5.92 Å². The molecule has 9 heteroatoms. The molecule has 33 heavy (non-hydrogen) atoms. The molecule has 1 aliphatic heterocycles. The SMILES string of the molecule is CCCN(C)c1cc(Cl)nc(SCc2cccc(C(=O)N3CCCC(C(=O)OCC)C3)c2)n1. The molecule has 1 amide bonds. The number of aromatic nitrogens is 2. The zero-order chi connectivity index (χ0) is 23.8. The zero-order valence-electron chi connectivity index (χ0n) is 19.4. The number of amides is 1. The molecule has 0 radical (unpaired) electrons. The number of rotatable bonds is 9. The molecule has 1 unspecified atom stereocenters. The summed E-state index contributed by atoms with van der Waals surface area (Å²) in [6, 6.07) is 9.35. The predicted octanol–water partition coefficient (Wildman–Crippen LogP) is 4.68. The van der Waals surface area contributed by atoms with E-state index < -0.39 is 0 Å². The fourth-order valence-corrected chi connectivity index (χ4v) is 4.86. The highest BCUT2D eigenvalue weighted by atomic mass is 35.5. The first-order valence-electron chi connectivity index (χ1n) is 11.3. The summed E-state index contributed by atoms with van der Waals surface area (Å²) < 4.78 is 5.15. The lowest BCUT2D eigenvalue weighted by molar-refractivity contribution is -0.149. The Balaban J connectivity index is 1.65. The average Bonchev–Trinajstić information content (AvgIpc) is 2.82. The van der Waals surface area contributed by atoms with E-state index in [2.05, 4.69) is 21.8 Å². The van der Waals surface area contributed by atoms with Gasteiger partial charge in [0.05, 0.1) is 12.5 Å². The van der Waals surface area contributed by atoms with E-state index in [1.165, 1.54) is 11.8 Å². The minimum Gasteiger partial charge on any atom is -0.466 e. The van der Waals surface area contributed by atoms with E-state index in [9.17, 15) is 9.59 Å². The van der Waals surface area contributed by atoms with E-state index in [-0.39, 0.29) is 17.8 Å². The van der Waals surface area contributed by atoms with Crippen molar-refractivity contribution in [3.8, 4) is 0 Å². The fraction of sp³-hybridized carbons (Fsp3) is 0.500. The molecule has 0 saturated carbocycles. The van der Waals surface area contributed by atoms with Gasteiger partial charge in [-0.1, -0.05) is 42.4 Å². The van der Waals surface area contributed by atoms with Crippen LogP contribution in [0.3, 0.4) is 0 Å². The van der Waals surface area contributed by atoms with Crippen molar-refractivity contribution in [3.63, 3.8) is 0 Å². The van der Waals surface area contributed by atoms with Crippen molar-refractivity contribution >= 4 is 41.1 Å². The second kappa shape index (κ2) is 12.2. The van der Waals surface area contributed by atoms with Crippen molar-refractivity contribution < 1.29 is 14.3 Å². The largest absolute Gasteiger partial charge is 0.466 e. The number of hydrogen-bond donors (Lipinski definition) is 0. The highest BCUT2D eigenvalue weighted by Gasteiger charge is 2.29. The Morgan fingerprint density at radius 1 is 1.27 bits per heavy atom. The van der Waals surface area contributed by atoms with Crippen molar-refractivity contribution in [1.82, 2.24) is 14.9 Å². The highest BCUT2D eigenvalue weighted by Crippen LogP contribution is 2.25. The number of anilines is 1. The van der Waals surface area contributed by atoms with E-state index in [4.69, 9.17) is 16.3 Å². The van der Waals surface area contributed by atoms with Crippen LogP contribution < -0.4 is 4.90 Å². The van der Waals surface area contributed by atoms with Crippen LogP contribution in [-0.2, 0) is 15.3 Å². The molecule has 1 aromatic heterocycles. The molecule has 0 bridgehead atoms. The summed E-state index contributed by atoms with van der Waals surface area (Å²) in [5.74, 6) is 0.888. The monoisotopic (exact) mass is 490 g/mol. The number of piperidine rings is 1. The van der Waals surface area contributed by atoms with Crippen molar-refractivity contribution in [3.05, 3.63) is 46.6 Å². The van der Waals surface area contributed by atoms with Gasteiger partial charge in [-0.05, 0) is 43.9 Å². The quantitative estimate of drug-likeness (QED) is 0.218. The van der Waals surface area contributed by atoms with E-state index in [1.54, 1.807) is 17.9 Å². The first kappa shape index (κ1) is 25.3. The van der Waals surface area contributed by atoms with Gasteiger partial charge in [0.2, 0.25) is 0 Å². The first-order valence-corrected chi connectivity index (χ1v) is 12.7. The lowest BCUT2D eigenvalue weighted by atomic mass is 9.97. The normalized spacial score (nSPS) is 15.9. The van der Waals surface area contributed by atoms with Crippen LogP contribution in [0, 0.1) is 5.92 Å². The number of hydrogen-bond acceptors (Lipinski definition) is 7. The second-order valence-electron chi connectivity index (χ2n) is 8.08. The summed E-state index contributed by atoms with van der Waals surface area (Å²) in [6.07, 6.45) is 2.57. The van der Waals surface area contributed by atoms with Crippen molar-refractivity contribution in [1.29, 1.82) is 0 Å². The summed E-state index contributed by atoms with van der Waals surface area (Å²) in [5, 5.41) is 1.01. The number of nitrogens with zero attached hydrogens (tertiary/aromatic N) is 4. The van der Waals surface area contributed by atoms with Gasteiger partial charge in [0, 0.05) is 44.1 Å². The predicted molar refractivity (Wildman–Crippen MR) is 132 cm³/mol. The molecule has 0 N–H and O–H groups in total. The summed E-state index contributed by atoms with van der Waals surface area (Å²) in [5.41, 5.74) is 1.62. The summed E-state index contributed by atoms with van der Waals surface area (Å²) in [6.45, 7) is 6.21. The van der Waals surface area contributed by atoms with Gasteiger partial charge < -0.3 is 14.5 Å². The van der Waals surface area contributed by atoms with Crippen LogP contribution in [0.2, 0.25) is 5.15 Å². The molecule has 1 atom stereocenters. The van der Waals surface area contributed by atoms with Crippen LogP contribution in [-0.4, -0.2) is 60.0 Å². The van der Waals surface area contributed by atoms with Crippen molar-refractivity contribution in [2.45, 2.75) is 44.0 Å². The van der Waals surface area contributed by atoms with Gasteiger partial charge in [0.15, 0.2) is 5.16 Å². The Bertz CT molecular complexity index is 974. The number of carbonyl (C=O) groups excluding carboxylic acids is 2. The Morgan fingerprint density at radius 3 is 2.85 bits per heavy atom. The minimum atomic E-state index is -0.249. The van der Waals surface area contributed by atoms with E-state index in [1.807, 2.05) is 31.3 Å². The first-order chi connectivity index (χ1) is 15.9. The van der Waals surface area contributed by atoms with Gasteiger partial charge in [-0.3, -0.25) is 9.59 Å². The molecule has 1 fully saturated rings. The molecule has 1 aliphatic rings. The van der Waals surface area contributed by atoms with Gasteiger partial charge in [-0.2, -0.15) is 0 Å². The number of carbonyl (C=O) groups is 2. The Labute approximate surface area is 204 Å². The van der Waals surface area contributed by atoms with Gasteiger partial charge >= 0.3 is 5.97 Å². The lowest BCUT2D eigenvalue weighted by Crippen LogP contribution is -2.42. The van der Waals surface area contributed by atoms with Crippen LogP contribution in [0.1, 0.15) is 49.0 Å². The van der Waals surface area contributed by atoms with Crippen LogP contribution >= 0.6 is 23.4 Å². The third-order valence-electron chi connectivity index (χ3n) is 5.48. The maximum atomic E-state index is 13.1. The summed E-state index contributed by atoms with van der Waals surface area (Å²) >= 11 is 7.69. The van der Waals surface area contributed by atoms with Crippen LogP contribution in [0.5, 0.6) is 0 Å². The van der Waals surface area contributed by atoms with Gasteiger partial charge in [0.25, 0.3) is 5.91 Å². The molecule has 0 spiro atoms. The lowest BCUT2D eigenvalue weighted by Gasteiger charge is -2.31. The third-order valence-corrected chi connectivity index (χ3v) is 6.59. The zero-order valence-corrected chi connectivity index (χ0v) is 21.0. The molecule has 2 heterocycles. The van der Waals surface area contributed by atoms with Gasteiger partial charge in [-0.15, -0.1) is 0 Å². The third kappa shape index (κ3) is 7.08. The second-order valence-corrected chi connectivity index (χ2v) is 9.41. The number of benzene rings is 1. The van der Waals surface area contributed by atoms with Gasteiger partial charge in [0.1, 0.15) is 11.0 Å². The molecule has 3 rings (SSSR count). The van der Waals surface area contributed by atoms with E-state index >= 15 is 0 Å². The summed E-state index contributed by atoms with van der Waals surface area (Å²) in [7, 11) is 1.98. The average molecular weight is 491 g/mol. The minimum absolute atomic E-state index is 0.0571. The van der Waals surface area contributed by atoms with E-state index in [0.29, 0.717) is 41.3 Å². The number of esters is 1. The van der Waals surface area contributed by atoms with Crippen LogP contribution in [0.15, 0.2) is 35.5 Å². The number of thioether (sulfide) groups is 1. The molecular weight excluding hydrogens is 460 g/mol.